The molecule has 49 heavy (non-hydrogen) atoms. The molecule has 6 aromatic carbocycles. The second-order valence-corrected chi connectivity index (χ2v) is 13.3. The smallest absolute Gasteiger partial charge is 0.160 e. The van der Waals surface area contributed by atoms with E-state index in [2.05, 4.69) is 140 Å². The van der Waals surface area contributed by atoms with Crippen LogP contribution in [0.15, 0.2) is 164 Å². The van der Waals surface area contributed by atoms with Crippen molar-refractivity contribution in [3.63, 3.8) is 0 Å². The molecule has 0 amide bonds. The van der Waals surface area contributed by atoms with E-state index in [4.69, 9.17) is 9.97 Å². The van der Waals surface area contributed by atoms with Crippen molar-refractivity contribution in [2.75, 3.05) is 0 Å². The van der Waals surface area contributed by atoms with E-state index >= 15 is 0 Å². The van der Waals surface area contributed by atoms with Gasteiger partial charge in [0.25, 0.3) is 0 Å². The number of benzene rings is 6. The number of hydrogen-bond acceptors (Lipinski definition) is 3. The van der Waals surface area contributed by atoms with Gasteiger partial charge in [-0.3, -0.25) is 4.98 Å². The lowest BCUT2D eigenvalue weighted by Crippen LogP contribution is -2.15. The molecule has 0 aliphatic heterocycles. The van der Waals surface area contributed by atoms with E-state index in [0.717, 1.165) is 44.8 Å². The van der Waals surface area contributed by atoms with Gasteiger partial charge in [-0.15, -0.1) is 0 Å². The Bertz CT molecular complexity index is 2500. The zero-order valence-electron chi connectivity index (χ0n) is 27.4. The third-order valence-corrected chi connectivity index (χ3v) is 9.98. The highest BCUT2D eigenvalue weighted by molar-refractivity contribution is 5.98. The Morgan fingerprint density at radius 2 is 1.06 bits per heavy atom. The first-order valence-corrected chi connectivity index (χ1v) is 16.8. The Kier molecular flexibility index (Phi) is 6.80. The SMILES string of the molecule is CC1(C)c2ccc(-c3cccc(-c4cc(-c5ccc(-c6ccncc6)cc5)nc(-c5ccccc5)n4)c3)cc2-c2ccc3ccccc3c21. The van der Waals surface area contributed by atoms with E-state index in [1.54, 1.807) is 0 Å². The molecule has 3 heteroatoms. The number of nitrogens with zero attached hydrogens (tertiary/aromatic N) is 3. The van der Waals surface area contributed by atoms with Gasteiger partial charge in [-0.2, -0.15) is 0 Å². The van der Waals surface area contributed by atoms with Crippen LogP contribution in [0.2, 0.25) is 0 Å². The summed E-state index contributed by atoms with van der Waals surface area (Å²) in [6, 6.07) is 54.0. The molecule has 232 valence electrons. The quantitative estimate of drug-likeness (QED) is 0.191. The van der Waals surface area contributed by atoms with Crippen molar-refractivity contribution >= 4 is 10.8 Å². The Morgan fingerprint density at radius 1 is 0.429 bits per heavy atom. The Labute approximate surface area is 286 Å². The molecular weight excluding hydrogens is 595 g/mol. The highest BCUT2D eigenvalue weighted by atomic mass is 14.9. The molecule has 0 radical (unpaired) electrons. The van der Waals surface area contributed by atoms with Gasteiger partial charge in [0, 0.05) is 34.5 Å². The summed E-state index contributed by atoms with van der Waals surface area (Å²) >= 11 is 0. The number of rotatable bonds is 5. The van der Waals surface area contributed by atoms with Gasteiger partial charge in [-0.1, -0.05) is 135 Å². The van der Waals surface area contributed by atoms with E-state index in [-0.39, 0.29) is 5.41 Å². The van der Waals surface area contributed by atoms with Gasteiger partial charge in [0.1, 0.15) is 0 Å². The maximum absolute atomic E-state index is 5.12. The average Bonchev–Trinajstić information content (AvgIpc) is 3.41. The van der Waals surface area contributed by atoms with E-state index in [1.807, 2.05) is 42.7 Å². The fourth-order valence-corrected chi connectivity index (χ4v) is 7.49. The zero-order valence-corrected chi connectivity index (χ0v) is 27.4. The summed E-state index contributed by atoms with van der Waals surface area (Å²) in [6.07, 6.45) is 3.65. The lowest BCUT2D eigenvalue weighted by molar-refractivity contribution is 0.666. The fourth-order valence-electron chi connectivity index (χ4n) is 7.49. The van der Waals surface area contributed by atoms with Gasteiger partial charge in [-0.25, -0.2) is 9.97 Å². The molecule has 0 saturated heterocycles. The molecule has 2 aromatic heterocycles. The lowest BCUT2D eigenvalue weighted by atomic mass is 9.80. The first-order chi connectivity index (χ1) is 24.0. The van der Waals surface area contributed by atoms with E-state index < -0.39 is 0 Å². The molecule has 3 nitrogen and oxygen atoms in total. The molecule has 9 rings (SSSR count). The number of aromatic nitrogens is 3. The summed E-state index contributed by atoms with van der Waals surface area (Å²) in [5.41, 5.74) is 14.9. The van der Waals surface area contributed by atoms with Crippen molar-refractivity contribution in [2.24, 2.45) is 0 Å². The van der Waals surface area contributed by atoms with Gasteiger partial charge in [0.05, 0.1) is 11.4 Å². The molecule has 0 saturated carbocycles. The summed E-state index contributed by atoms with van der Waals surface area (Å²) in [5.74, 6) is 0.709. The first-order valence-electron chi connectivity index (χ1n) is 16.8. The summed E-state index contributed by atoms with van der Waals surface area (Å²) in [6.45, 7) is 4.71. The van der Waals surface area contributed by atoms with Crippen LogP contribution in [-0.2, 0) is 5.41 Å². The predicted octanol–water partition coefficient (Wildman–Crippen LogP) is 11.7. The molecule has 0 atom stereocenters. The van der Waals surface area contributed by atoms with E-state index in [9.17, 15) is 0 Å². The predicted molar refractivity (Wildman–Crippen MR) is 202 cm³/mol. The van der Waals surface area contributed by atoms with Crippen LogP contribution in [0.5, 0.6) is 0 Å². The van der Waals surface area contributed by atoms with Crippen LogP contribution in [-0.4, -0.2) is 15.0 Å². The molecule has 1 aliphatic carbocycles. The lowest BCUT2D eigenvalue weighted by Gasteiger charge is -2.23. The second-order valence-electron chi connectivity index (χ2n) is 13.3. The van der Waals surface area contributed by atoms with Crippen LogP contribution >= 0.6 is 0 Å². The van der Waals surface area contributed by atoms with Crippen molar-refractivity contribution in [1.82, 2.24) is 15.0 Å². The van der Waals surface area contributed by atoms with Gasteiger partial charge >= 0.3 is 0 Å². The molecule has 0 N–H and O–H groups in total. The summed E-state index contributed by atoms with van der Waals surface area (Å²) in [7, 11) is 0. The minimum atomic E-state index is -0.0758. The molecule has 0 unspecified atom stereocenters. The maximum Gasteiger partial charge on any atom is 0.160 e. The summed E-state index contributed by atoms with van der Waals surface area (Å²) in [5, 5.41) is 2.63. The minimum absolute atomic E-state index is 0.0758. The second kappa shape index (κ2) is 11.5. The van der Waals surface area contributed by atoms with Gasteiger partial charge < -0.3 is 0 Å². The summed E-state index contributed by atoms with van der Waals surface area (Å²) < 4.78 is 0. The topological polar surface area (TPSA) is 38.7 Å². The van der Waals surface area contributed by atoms with Crippen LogP contribution in [0.3, 0.4) is 0 Å². The molecule has 8 aromatic rings. The molecule has 0 fully saturated rings. The molecular formula is C46H33N3. The highest BCUT2D eigenvalue weighted by Gasteiger charge is 2.36. The zero-order chi connectivity index (χ0) is 33.0. The van der Waals surface area contributed by atoms with E-state index in [1.165, 1.54) is 38.6 Å². The molecule has 2 heterocycles. The molecule has 0 spiro atoms. The van der Waals surface area contributed by atoms with Crippen molar-refractivity contribution in [3.8, 4) is 67.3 Å². The van der Waals surface area contributed by atoms with Gasteiger partial charge in [0.15, 0.2) is 5.82 Å². The Balaban J connectivity index is 1.13. The largest absolute Gasteiger partial charge is 0.265 e. The van der Waals surface area contributed by atoms with Gasteiger partial charge in [0.2, 0.25) is 0 Å². The van der Waals surface area contributed by atoms with Crippen LogP contribution in [0.4, 0.5) is 0 Å². The van der Waals surface area contributed by atoms with Crippen LogP contribution in [0.1, 0.15) is 25.0 Å². The number of pyridine rings is 1. The third kappa shape index (κ3) is 5.03. The average molecular weight is 628 g/mol. The standard InChI is InChI=1S/C46H33N3/c1-46(2)41-22-20-36(28-40(41)39-21-19-32-9-6-7-14-38(32)44(39)46)35-12-8-13-37(27-35)43-29-42(48-45(49-43)34-10-4-3-5-11-34)33-17-15-30(16-18-33)31-23-25-47-26-24-31/h3-29H,1-2H3. The number of fused-ring (bicyclic) bond motifs is 5. The number of hydrogen-bond donors (Lipinski definition) is 0. The Morgan fingerprint density at radius 3 is 1.88 bits per heavy atom. The molecule has 1 aliphatic rings. The normalized spacial score (nSPS) is 12.9. The van der Waals surface area contributed by atoms with Crippen LogP contribution in [0.25, 0.3) is 78.1 Å². The maximum atomic E-state index is 5.12. The monoisotopic (exact) mass is 627 g/mol. The first kappa shape index (κ1) is 29.0. The fraction of sp³-hybridized carbons (Fsp3) is 0.0652. The summed E-state index contributed by atoms with van der Waals surface area (Å²) in [4.78, 5) is 14.3. The van der Waals surface area contributed by atoms with E-state index in [0.29, 0.717) is 5.82 Å². The Hall–Kier alpha value is -6.19. The van der Waals surface area contributed by atoms with Crippen molar-refractivity contribution in [2.45, 2.75) is 19.3 Å². The molecule has 0 bridgehead atoms. The van der Waals surface area contributed by atoms with Crippen LogP contribution in [0, 0.1) is 0 Å². The van der Waals surface area contributed by atoms with Gasteiger partial charge in [-0.05, 0) is 85.6 Å². The minimum Gasteiger partial charge on any atom is -0.265 e. The van der Waals surface area contributed by atoms with Crippen molar-refractivity contribution in [1.29, 1.82) is 0 Å². The highest BCUT2D eigenvalue weighted by Crippen LogP contribution is 2.52. The third-order valence-electron chi connectivity index (χ3n) is 9.98. The van der Waals surface area contributed by atoms with Crippen molar-refractivity contribution < 1.29 is 0 Å². The van der Waals surface area contributed by atoms with Crippen LogP contribution < -0.4 is 0 Å². The van der Waals surface area contributed by atoms with Crippen molar-refractivity contribution in [3.05, 3.63) is 175 Å².